The summed E-state index contributed by atoms with van der Waals surface area (Å²) in [7, 11) is 0. The number of aromatic nitrogens is 1. The van der Waals surface area contributed by atoms with Crippen molar-refractivity contribution in [2.75, 3.05) is 13.2 Å². The Morgan fingerprint density at radius 2 is 2.30 bits per heavy atom. The van der Waals surface area contributed by atoms with E-state index in [0.717, 1.165) is 24.4 Å². The Balaban J connectivity index is 1.57. The van der Waals surface area contributed by atoms with Gasteiger partial charge in [0.2, 0.25) is 0 Å². The van der Waals surface area contributed by atoms with Crippen molar-refractivity contribution in [1.82, 2.24) is 10.3 Å². The molecular weight excluding hydrogens is 259 g/mol. The highest BCUT2D eigenvalue weighted by Gasteiger charge is 2.05. The molecule has 0 fully saturated rings. The smallest absolute Gasteiger partial charge is 0.141 e. The lowest BCUT2D eigenvalue weighted by Crippen LogP contribution is -2.21. The minimum atomic E-state index is -0.313. The van der Waals surface area contributed by atoms with Crippen molar-refractivity contribution in [3.8, 4) is 0 Å². The van der Waals surface area contributed by atoms with Gasteiger partial charge in [-0.2, -0.15) is 0 Å². The maximum absolute atomic E-state index is 12.8. The molecule has 5 heteroatoms. The van der Waals surface area contributed by atoms with Crippen LogP contribution in [0, 0.1) is 5.82 Å². The molecule has 2 aromatic heterocycles. The average molecular weight is 278 g/mol. The van der Waals surface area contributed by atoms with E-state index < -0.39 is 0 Å². The lowest BCUT2D eigenvalue weighted by molar-refractivity contribution is 0.103. The number of rotatable bonds is 8. The number of hydrogen-bond donors (Lipinski definition) is 1. The first-order valence-corrected chi connectivity index (χ1v) is 6.70. The van der Waals surface area contributed by atoms with Crippen LogP contribution in [-0.4, -0.2) is 18.1 Å². The lowest BCUT2D eigenvalue weighted by Gasteiger charge is -2.13. The largest absolute Gasteiger partial charge is 0.467 e. The zero-order valence-corrected chi connectivity index (χ0v) is 11.5. The highest BCUT2D eigenvalue weighted by Crippen LogP contribution is 2.09. The first-order chi connectivity index (χ1) is 9.75. The van der Waals surface area contributed by atoms with Crippen LogP contribution in [0.5, 0.6) is 0 Å². The fourth-order valence-corrected chi connectivity index (χ4v) is 1.81. The predicted molar refractivity (Wildman–Crippen MR) is 73.6 cm³/mol. The molecule has 20 heavy (non-hydrogen) atoms. The van der Waals surface area contributed by atoms with Crippen molar-refractivity contribution >= 4 is 0 Å². The first kappa shape index (κ1) is 14.7. The molecule has 0 aliphatic rings. The number of hydrogen-bond acceptors (Lipinski definition) is 4. The molecule has 4 nitrogen and oxygen atoms in total. The molecule has 0 aliphatic heterocycles. The van der Waals surface area contributed by atoms with E-state index >= 15 is 0 Å². The maximum Gasteiger partial charge on any atom is 0.141 e. The highest BCUT2D eigenvalue weighted by molar-refractivity contribution is 5.08. The minimum absolute atomic E-state index is 0.0978. The van der Waals surface area contributed by atoms with E-state index in [1.54, 1.807) is 12.3 Å². The van der Waals surface area contributed by atoms with Gasteiger partial charge in [-0.15, -0.1) is 0 Å². The quantitative estimate of drug-likeness (QED) is 0.754. The fourth-order valence-electron chi connectivity index (χ4n) is 1.81. The van der Waals surface area contributed by atoms with Crippen LogP contribution < -0.4 is 5.32 Å². The number of furan rings is 1. The number of nitrogens with one attached hydrogen (secondary N) is 1. The molecule has 0 bridgehead atoms. The van der Waals surface area contributed by atoms with E-state index in [9.17, 15) is 4.39 Å². The Kier molecular flexibility index (Phi) is 5.70. The van der Waals surface area contributed by atoms with Gasteiger partial charge in [-0.05, 0) is 44.2 Å². The molecule has 0 saturated carbocycles. The third-order valence-corrected chi connectivity index (χ3v) is 2.93. The second kappa shape index (κ2) is 7.77. The van der Waals surface area contributed by atoms with Gasteiger partial charge in [0.15, 0.2) is 0 Å². The Labute approximate surface area is 118 Å². The van der Waals surface area contributed by atoms with Crippen LogP contribution in [0.1, 0.15) is 30.8 Å². The predicted octanol–water partition coefficient (Wildman–Crippen LogP) is 3.07. The van der Waals surface area contributed by atoms with Crippen molar-refractivity contribution < 1.29 is 13.5 Å². The molecule has 1 N–H and O–H groups in total. The third-order valence-electron chi connectivity index (χ3n) is 2.93. The number of halogens is 1. The van der Waals surface area contributed by atoms with E-state index in [0.29, 0.717) is 13.2 Å². The summed E-state index contributed by atoms with van der Waals surface area (Å²) in [6.07, 6.45) is 3.77. The molecule has 0 amide bonds. The van der Waals surface area contributed by atoms with E-state index in [1.807, 2.05) is 19.1 Å². The first-order valence-electron chi connectivity index (χ1n) is 6.70. The number of nitrogens with zero attached hydrogens (tertiary/aromatic N) is 1. The highest BCUT2D eigenvalue weighted by atomic mass is 19.1. The van der Waals surface area contributed by atoms with Crippen LogP contribution in [0.4, 0.5) is 4.39 Å². The lowest BCUT2D eigenvalue weighted by atomic mass is 10.2. The molecule has 0 spiro atoms. The molecule has 0 saturated heterocycles. The van der Waals surface area contributed by atoms with Gasteiger partial charge < -0.3 is 14.5 Å². The summed E-state index contributed by atoms with van der Waals surface area (Å²) < 4.78 is 23.4. The second-order valence-corrected chi connectivity index (χ2v) is 4.56. The molecule has 2 heterocycles. The van der Waals surface area contributed by atoms with E-state index in [-0.39, 0.29) is 11.9 Å². The summed E-state index contributed by atoms with van der Waals surface area (Å²) in [5, 5.41) is 3.32. The van der Waals surface area contributed by atoms with Crippen molar-refractivity contribution in [3.63, 3.8) is 0 Å². The summed E-state index contributed by atoms with van der Waals surface area (Å²) in [5.41, 5.74) is 0.836. The van der Waals surface area contributed by atoms with Gasteiger partial charge in [0, 0.05) is 12.6 Å². The molecule has 2 aromatic rings. The SMILES string of the molecule is CC(NCCCOCc1ccco1)c1ccc(F)cn1. The van der Waals surface area contributed by atoms with Crippen LogP contribution >= 0.6 is 0 Å². The van der Waals surface area contributed by atoms with E-state index in [4.69, 9.17) is 9.15 Å². The molecule has 108 valence electrons. The number of pyridine rings is 1. The Morgan fingerprint density at radius 3 is 3.00 bits per heavy atom. The maximum atomic E-state index is 12.8. The summed E-state index contributed by atoms with van der Waals surface area (Å²) in [5.74, 6) is 0.522. The average Bonchev–Trinajstić information content (AvgIpc) is 2.96. The minimum Gasteiger partial charge on any atom is -0.467 e. The summed E-state index contributed by atoms with van der Waals surface area (Å²) in [6.45, 7) is 3.99. The van der Waals surface area contributed by atoms with E-state index in [2.05, 4.69) is 10.3 Å². The fraction of sp³-hybridized carbons (Fsp3) is 0.400. The molecular formula is C15H19FN2O2. The van der Waals surface area contributed by atoms with Crippen LogP contribution in [0.25, 0.3) is 0 Å². The Morgan fingerprint density at radius 1 is 1.40 bits per heavy atom. The molecule has 1 atom stereocenters. The van der Waals surface area contributed by atoms with E-state index in [1.165, 1.54) is 12.3 Å². The molecule has 2 rings (SSSR count). The Hall–Kier alpha value is -1.72. The van der Waals surface area contributed by atoms with Gasteiger partial charge in [0.05, 0.1) is 18.2 Å². The summed E-state index contributed by atoms with van der Waals surface area (Å²) >= 11 is 0. The zero-order chi connectivity index (χ0) is 14.2. The normalized spacial score (nSPS) is 12.5. The third kappa shape index (κ3) is 4.75. The van der Waals surface area contributed by atoms with Gasteiger partial charge in [-0.25, -0.2) is 4.39 Å². The van der Waals surface area contributed by atoms with Gasteiger partial charge in [-0.1, -0.05) is 0 Å². The second-order valence-electron chi connectivity index (χ2n) is 4.56. The summed E-state index contributed by atoms with van der Waals surface area (Å²) in [6, 6.07) is 6.95. The molecule has 1 unspecified atom stereocenters. The van der Waals surface area contributed by atoms with Crippen LogP contribution in [0.2, 0.25) is 0 Å². The topological polar surface area (TPSA) is 47.3 Å². The number of ether oxygens (including phenoxy) is 1. The van der Waals surface area contributed by atoms with Crippen LogP contribution in [-0.2, 0) is 11.3 Å². The van der Waals surface area contributed by atoms with Gasteiger partial charge >= 0.3 is 0 Å². The van der Waals surface area contributed by atoms with Gasteiger partial charge in [0.1, 0.15) is 18.2 Å². The van der Waals surface area contributed by atoms with Gasteiger partial charge in [0.25, 0.3) is 0 Å². The van der Waals surface area contributed by atoms with Crippen molar-refractivity contribution in [3.05, 3.63) is 54.0 Å². The Bertz CT molecular complexity index is 485. The monoisotopic (exact) mass is 278 g/mol. The summed E-state index contributed by atoms with van der Waals surface area (Å²) in [4.78, 5) is 4.05. The molecule has 0 radical (unpaired) electrons. The van der Waals surface area contributed by atoms with Gasteiger partial charge in [-0.3, -0.25) is 4.98 Å². The van der Waals surface area contributed by atoms with Crippen molar-refractivity contribution in [1.29, 1.82) is 0 Å². The standard InChI is InChI=1S/C15H19FN2O2/c1-12(15-6-5-13(16)10-18-15)17-7-3-8-19-11-14-4-2-9-20-14/h2,4-6,9-10,12,17H,3,7-8,11H2,1H3. The van der Waals surface area contributed by atoms with Crippen molar-refractivity contribution in [2.24, 2.45) is 0 Å². The molecule has 0 aliphatic carbocycles. The zero-order valence-electron chi connectivity index (χ0n) is 11.5. The van der Waals surface area contributed by atoms with Crippen molar-refractivity contribution in [2.45, 2.75) is 26.0 Å². The van der Waals surface area contributed by atoms with Crippen LogP contribution in [0.3, 0.4) is 0 Å². The van der Waals surface area contributed by atoms with Crippen LogP contribution in [0.15, 0.2) is 41.1 Å². The molecule has 0 aromatic carbocycles.